The Hall–Kier alpha value is -3.92. The Morgan fingerprint density at radius 2 is 2.03 bits per heavy atom. The molecule has 164 valence electrons. The highest BCUT2D eigenvalue weighted by Gasteiger charge is 2.18. The first kappa shape index (κ1) is 21.3. The minimum atomic E-state index is -0.328. The Morgan fingerprint density at radius 3 is 2.78 bits per heavy atom. The van der Waals surface area contributed by atoms with E-state index in [4.69, 9.17) is 0 Å². The lowest BCUT2D eigenvalue weighted by molar-refractivity contribution is -0.117. The molecule has 10 heteroatoms. The lowest BCUT2D eigenvalue weighted by Gasteiger charge is -2.06. The third kappa shape index (κ3) is 4.40. The van der Waals surface area contributed by atoms with Crippen molar-refractivity contribution in [3.8, 4) is 0 Å². The van der Waals surface area contributed by atoms with Crippen LogP contribution in [0.1, 0.15) is 41.4 Å². The summed E-state index contributed by atoms with van der Waals surface area (Å²) < 4.78 is 3.28. The van der Waals surface area contributed by atoms with Gasteiger partial charge in [0.15, 0.2) is 5.78 Å². The predicted molar refractivity (Wildman–Crippen MR) is 117 cm³/mol. The molecule has 0 aliphatic carbocycles. The van der Waals surface area contributed by atoms with Crippen molar-refractivity contribution >= 4 is 28.4 Å². The second-order valence-electron chi connectivity index (χ2n) is 7.66. The first-order valence-corrected chi connectivity index (χ1v) is 10.2. The van der Waals surface area contributed by atoms with Gasteiger partial charge in [-0.05, 0) is 24.1 Å². The van der Waals surface area contributed by atoms with Crippen molar-refractivity contribution in [3.05, 3.63) is 66.0 Å². The molecule has 4 rings (SSSR count). The van der Waals surface area contributed by atoms with Gasteiger partial charge in [-0.1, -0.05) is 19.1 Å². The minimum absolute atomic E-state index is 0.0140. The van der Waals surface area contributed by atoms with Crippen molar-refractivity contribution in [2.45, 2.75) is 32.9 Å². The number of fused-ring (bicyclic) bond motifs is 1. The molecule has 0 aliphatic heterocycles. The second kappa shape index (κ2) is 9.06. The van der Waals surface area contributed by atoms with Crippen LogP contribution in [0.5, 0.6) is 0 Å². The second-order valence-corrected chi connectivity index (χ2v) is 7.66. The SMILES string of the molecule is CC(C)c1cn(CC(=O)Nc2cc(C(=O)c3cn(CCO)c4ccncc34)ccn2)nn1. The number of nitrogens with one attached hydrogen (secondary N) is 1. The van der Waals surface area contributed by atoms with Gasteiger partial charge in [-0.2, -0.15) is 0 Å². The minimum Gasteiger partial charge on any atom is -0.395 e. The molecule has 4 heterocycles. The summed E-state index contributed by atoms with van der Waals surface area (Å²) in [6.45, 7) is 4.30. The molecule has 0 aliphatic rings. The first-order chi connectivity index (χ1) is 15.5. The first-order valence-electron chi connectivity index (χ1n) is 10.2. The van der Waals surface area contributed by atoms with E-state index in [-0.39, 0.29) is 36.6 Å². The smallest absolute Gasteiger partial charge is 0.247 e. The number of aliphatic hydroxyl groups is 1. The molecule has 0 aromatic carbocycles. The molecule has 0 atom stereocenters. The van der Waals surface area contributed by atoms with E-state index in [1.54, 1.807) is 36.9 Å². The Bertz CT molecular complexity index is 1280. The fourth-order valence-electron chi connectivity index (χ4n) is 3.39. The van der Waals surface area contributed by atoms with Crippen molar-refractivity contribution < 1.29 is 14.7 Å². The highest BCUT2D eigenvalue weighted by molar-refractivity contribution is 6.16. The van der Waals surface area contributed by atoms with Gasteiger partial charge in [-0.25, -0.2) is 9.67 Å². The van der Waals surface area contributed by atoms with Gasteiger partial charge in [0.2, 0.25) is 5.91 Å². The summed E-state index contributed by atoms with van der Waals surface area (Å²) in [6, 6.07) is 4.93. The highest BCUT2D eigenvalue weighted by Crippen LogP contribution is 2.23. The average molecular weight is 433 g/mol. The molecule has 1 amide bonds. The van der Waals surface area contributed by atoms with Crippen molar-refractivity contribution in [3.63, 3.8) is 0 Å². The molecule has 4 aromatic heterocycles. The van der Waals surface area contributed by atoms with E-state index in [1.807, 2.05) is 18.4 Å². The van der Waals surface area contributed by atoms with E-state index in [1.165, 1.54) is 16.9 Å². The van der Waals surface area contributed by atoms with Crippen molar-refractivity contribution in [2.24, 2.45) is 0 Å². The van der Waals surface area contributed by atoms with Crippen LogP contribution in [0.25, 0.3) is 10.9 Å². The molecule has 4 aromatic rings. The van der Waals surface area contributed by atoms with E-state index in [0.29, 0.717) is 23.1 Å². The highest BCUT2D eigenvalue weighted by atomic mass is 16.3. The quantitative estimate of drug-likeness (QED) is 0.407. The Kier molecular flexibility index (Phi) is 6.04. The van der Waals surface area contributed by atoms with Crippen molar-refractivity contribution in [1.29, 1.82) is 0 Å². The number of anilines is 1. The van der Waals surface area contributed by atoms with Crippen LogP contribution < -0.4 is 5.32 Å². The Morgan fingerprint density at radius 1 is 1.19 bits per heavy atom. The van der Waals surface area contributed by atoms with Crippen LogP contribution in [-0.4, -0.2) is 52.9 Å². The number of aromatic nitrogens is 6. The molecule has 0 unspecified atom stereocenters. The predicted octanol–water partition coefficient (Wildman–Crippen LogP) is 2.01. The van der Waals surface area contributed by atoms with Gasteiger partial charge < -0.3 is 15.0 Å². The summed E-state index contributed by atoms with van der Waals surface area (Å²) in [4.78, 5) is 33.9. The number of rotatable bonds is 8. The molecule has 0 radical (unpaired) electrons. The average Bonchev–Trinajstić information content (AvgIpc) is 3.39. The molecule has 0 saturated carbocycles. The molecule has 0 bridgehead atoms. The van der Waals surface area contributed by atoms with E-state index in [9.17, 15) is 14.7 Å². The van der Waals surface area contributed by atoms with Gasteiger partial charge in [0.05, 0.1) is 17.8 Å². The van der Waals surface area contributed by atoms with Crippen LogP contribution in [0.15, 0.2) is 49.2 Å². The number of hydrogen-bond acceptors (Lipinski definition) is 7. The molecular weight excluding hydrogens is 410 g/mol. The summed E-state index contributed by atoms with van der Waals surface area (Å²) in [5.41, 5.74) is 2.46. The molecule has 32 heavy (non-hydrogen) atoms. The van der Waals surface area contributed by atoms with E-state index < -0.39 is 0 Å². The number of pyridine rings is 2. The summed E-state index contributed by atoms with van der Waals surface area (Å²) in [7, 11) is 0. The maximum absolute atomic E-state index is 13.2. The third-order valence-electron chi connectivity index (χ3n) is 5.01. The van der Waals surface area contributed by atoms with Gasteiger partial charge in [-0.3, -0.25) is 14.6 Å². The number of carbonyl (C=O) groups excluding carboxylic acids is 2. The topological polar surface area (TPSA) is 128 Å². The van der Waals surface area contributed by atoms with Crippen LogP contribution in [-0.2, 0) is 17.9 Å². The number of aliphatic hydroxyl groups excluding tert-OH is 1. The van der Waals surface area contributed by atoms with Crippen molar-refractivity contribution in [1.82, 2.24) is 29.5 Å². The molecular formula is C22H23N7O3. The monoisotopic (exact) mass is 433 g/mol. The lowest BCUT2D eigenvalue weighted by atomic mass is 10.0. The van der Waals surface area contributed by atoms with E-state index in [2.05, 4.69) is 25.6 Å². The largest absolute Gasteiger partial charge is 0.395 e. The normalized spacial score (nSPS) is 11.2. The number of carbonyl (C=O) groups is 2. The van der Waals surface area contributed by atoms with Crippen LogP contribution >= 0.6 is 0 Å². The summed E-state index contributed by atoms with van der Waals surface area (Å²) in [6.07, 6.45) is 8.18. The summed E-state index contributed by atoms with van der Waals surface area (Å²) >= 11 is 0. The standard InChI is InChI=1S/C22H23N7O3/c1-14(2)18-12-29(27-26-18)13-21(31)25-20-9-15(3-6-24-20)22(32)17-11-28(7-8-30)19-4-5-23-10-16(17)19/h3-6,9-12,14,30H,7-8,13H2,1-2H3,(H,24,25,31). The molecule has 0 spiro atoms. The Labute approximate surface area is 183 Å². The molecule has 10 nitrogen and oxygen atoms in total. The van der Waals surface area contributed by atoms with E-state index >= 15 is 0 Å². The molecule has 2 N–H and O–H groups in total. The van der Waals surface area contributed by atoms with Gasteiger partial charge in [0.1, 0.15) is 12.4 Å². The lowest BCUT2D eigenvalue weighted by Crippen LogP contribution is -2.20. The van der Waals surface area contributed by atoms with Gasteiger partial charge in [0, 0.05) is 54.0 Å². The Balaban J connectivity index is 1.53. The maximum atomic E-state index is 13.2. The zero-order valence-electron chi connectivity index (χ0n) is 17.8. The van der Waals surface area contributed by atoms with Crippen molar-refractivity contribution in [2.75, 3.05) is 11.9 Å². The zero-order chi connectivity index (χ0) is 22.7. The summed E-state index contributed by atoms with van der Waals surface area (Å²) in [5, 5.41) is 20.7. The fraction of sp³-hybridized carbons (Fsp3) is 0.273. The van der Waals surface area contributed by atoms with Gasteiger partial charge >= 0.3 is 0 Å². The van der Waals surface area contributed by atoms with Gasteiger partial charge in [0.25, 0.3) is 0 Å². The van der Waals surface area contributed by atoms with Crippen LogP contribution in [0.4, 0.5) is 5.82 Å². The fourth-order valence-corrected chi connectivity index (χ4v) is 3.39. The molecule has 0 saturated heterocycles. The number of amides is 1. The van der Waals surface area contributed by atoms with Gasteiger partial charge in [-0.15, -0.1) is 5.10 Å². The van der Waals surface area contributed by atoms with Crippen LogP contribution in [0.3, 0.4) is 0 Å². The van der Waals surface area contributed by atoms with Crippen LogP contribution in [0, 0.1) is 0 Å². The maximum Gasteiger partial charge on any atom is 0.247 e. The summed E-state index contributed by atoms with van der Waals surface area (Å²) in [5.74, 6) is -0.0709. The number of nitrogens with zero attached hydrogens (tertiary/aromatic N) is 6. The van der Waals surface area contributed by atoms with Crippen LogP contribution in [0.2, 0.25) is 0 Å². The number of hydrogen-bond donors (Lipinski definition) is 2. The number of ketones is 1. The molecule has 0 fully saturated rings. The third-order valence-corrected chi connectivity index (χ3v) is 5.01. The zero-order valence-corrected chi connectivity index (χ0v) is 17.8. The van der Waals surface area contributed by atoms with E-state index in [0.717, 1.165) is 11.2 Å².